The lowest BCUT2D eigenvalue weighted by Crippen LogP contribution is -2.39. The van der Waals surface area contributed by atoms with Gasteiger partial charge in [0.1, 0.15) is 0 Å². The van der Waals surface area contributed by atoms with E-state index in [1.165, 1.54) is 12.8 Å². The third kappa shape index (κ3) is 5.04. The number of hydrogen-bond donors (Lipinski definition) is 3. The van der Waals surface area contributed by atoms with E-state index >= 15 is 0 Å². The van der Waals surface area contributed by atoms with Crippen LogP contribution >= 0.6 is 15.9 Å². The molecule has 0 heterocycles. The molecule has 0 saturated heterocycles. The van der Waals surface area contributed by atoms with Gasteiger partial charge in [0.05, 0.1) is 12.5 Å². The first-order valence-corrected chi connectivity index (χ1v) is 7.94. The molecule has 4 N–H and O–H groups in total. The van der Waals surface area contributed by atoms with Crippen LogP contribution in [0.2, 0.25) is 0 Å². The van der Waals surface area contributed by atoms with Crippen molar-refractivity contribution in [2.75, 3.05) is 0 Å². The van der Waals surface area contributed by atoms with E-state index in [1.54, 1.807) is 0 Å². The van der Waals surface area contributed by atoms with Crippen LogP contribution in [0.5, 0.6) is 0 Å². The molecular formula is C15H20BrN3O2. The van der Waals surface area contributed by atoms with E-state index in [0.717, 1.165) is 22.9 Å². The highest BCUT2D eigenvalue weighted by Crippen LogP contribution is 2.22. The molecule has 2 rings (SSSR count). The fourth-order valence-electron chi connectivity index (χ4n) is 2.69. The highest BCUT2D eigenvalue weighted by Gasteiger charge is 2.21. The van der Waals surface area contributed by atoms with Crippen molar-refractivity contribution in [1.82, 2.24) is 10.6 Å². The lowest BCUT2D eigenvalue weighted by atomic mass is 10.0. The SMILES string of the molecule is NC(=O)N[C@@H](CC(=O)NC1CCCC1)c1cccc(Br)c1. The summed E-state index contributed by atoms with van der Waals surface area (Å²) in [4.78, 5) is 23.3. The van der Waals surface area contributed by atoms with Gasteiger partial charge < -0.3 is 16.4 Å². The van der Waals surface area contributed by atoms with Crippen molar-refractivity contribution in [2.24, 2.45) is 5.73 Å². The number of primary amides is 1. The number of benzene rings is 1. The number of nitrogens with one attached hydrogen (secondary N) is 2. The molecule has 21 heavy (non-hydrogen) atoms. The summed E-state index contributed by atoms with van der Waals surface area (Å²) in [6.45, 7) is 0. The standard InChI is InChI=1S/C15H20BrN3O2/c16-11-5-3-4-10(8-11)13(19-15(17)21)9-14(20)18-12-6-1-2-7-12/h3-5,8,12-13H,1-2,6-7,9H2,(H,18,20)(H3,17,19,21)/t13-/m0/s1. The fraction of sp³-hybridized carbons (Fsp3) is 0.467. The summed E-state index contributed by atoms with van der Waals surface area (Å²) < 4.78 is 0.896. The Kier molecular flexibility index (Phi) is 5.61. The molecule has 1 aromatic carbocycles. The van der Waals surface area contributed by atoms with Crippen LogP contribution in [-0.4, -0.2) is 18.0 Å². The van der Waals surface area contributed by atoms with Crippen molar-refractivity contribution in [3.8, 4) is 0 Å². The van der Waals surface area contributed by atoms with Crippen LogP contribution in [0.1, 0.15) is 43.7 Å². The second kappa shape index (κ2) is 7.45. The van der Waals surface area contributed by atoms with Gasteiger partial charge in [0, 0.05) is 10.5 Å². The molecular weight excluding hydrogens is 334 g/mol. The first kappa shape index (κ1) is 15.8. The molecule has 3 amide bonds. The Hall–Kier alpha value is -1.56. The van der Waals surface area contributed by atoms with Gasteiger partial charge in [-0.25, -0.2) is 4.79 Å². The monoisotopic (exact) mass is 353 g/mol. The quantitative estimate of drug-likeness (QED) is 0.759. The maximum absolute atomic E-state index is 12.1. The van der Waals surface area contributed by atoms with E-state index in [4.69, 9.17) is 5.73 Å². The third-order valence-electron chi connectivity index (χ3n) is 3.68. The summed E-state index contributed by atoms with van der Waals surface area (Å²) in [7, 11) is 0. The average molecular weight is 354 g/mol. The lowest BCUT2D eigenvalue weighted by molar-refractivity contribution is -0.122. The molecule has 0 unspecified atom stereocenters. The number of halogens is 1. The van der Waals surface area contributed by atoms with Gasteiger partial charge in [-0.15, -0.1) is 0 Å². The summed E-state index contributed by atoms with van der Waals surface area (Å²) in [5.74, 6) is -0.0550. The Morgan fingerprint density at radius 3 is 2.67 bits per heavy atom. The lowest BCUT2D eigenvalue weighted by Gasteiger charge is -2.19. The molecule has 1 aliphatic carbocycles. The zero-order valence-corrected chi connectivity index (χ0v) is 13.4. The number of carbonyl (C=O) groups is 2. The van der Waals surface area contributed by atoms with Crippen LogP contribution in [-0.2, 0) is 4.79 Å². The van der Waals surface area contributed by atoms with Gasteiger partial charge in [-0.3, -0.25) is 4.79 Å². The van der Waals surface area contributed by atoms with Crippen molar-refractivity contribution in [1.29, 1.82) is 0 Å². The summed E-state index contributed by atoms with van der Waals surface area (Å²) in [6.07, 6.45) is 4.60. The van der Waals surface area contributed by atoms with Crippen molar-refractivity contribution in [2.45, 2.75) is 44.2 Å². The van der Waals surface area contributed by atoms with Crippen LogP contribution in [0.4, 0.5) is 4.79 Å². The second-order valence-electron chi connectivity index (χ2n) is 5.37. The van der Waals surface area contributed by atoms with Gasteiger partial charge >= 0.3 is 6.03 Å². The van der Waals surface area contributed by atoms with Crippen LogP contribution in [0, 0.1) is 0 Å². The predicted molar refractivity (Wildman–Crippen MR) is 84.6 cm³/mol. The number of amides is 3. The molecule has 1 aliphatic rings. The smallest absolute Gasteiger partial charge is 0.312 e. The van der Waals surface area contributed by atoms with Gasteiger partial charge in [-0.05, 0) is 30.5 Å². The molecule has 1 fully saturated rings. The van der Waals surface area contributed by atoms with Crippen LogP contribution < -0.4 is 16.4 Å². The van der Waals surface area contributed by atoms with Gasteiger partial charge in [-0.1, -0.05) is 40.9 Å². The second-order valence-corrected chi connectivity index (χ2v) is 6.28. The maximum Gasteiger partial charge on any atom is 0.312 e. The van der Waals surface area contributed by atoms with E-state index in [2.05, 4.69) is 26.6 Å². The molecule has 1 saturated carbocycles. The molecule has 0 spiro atoms. The first-order valence-electron chi connectivity index (χ1n) is 7.15. The van der Waals surface area contributed by atoms with Crippen molar-refractivity contribution < 1.29 is 9.59 Å². The Labute approximate surface area is 132 Å². The van der Waals surface area contributed by atoms with E-state index in [-0.39, 0.29) is 18.4 Å². The summed E-state index contributed by atoms with van der Waals surface area (Å²) in [5.41, 5.74) is 6.07. The van der Waals surface area contributed by atoms with E-state index in [9.17, 15) is 9.59 Å². The molecule has 0 aliphatic heterocycles. The third-order valence-corrected chi connectivity index (χ3v) is 4.17. The topological polar surface area (TPSA) is 84.2 Å². The highest BCUT2D eigenvalue weighted by atomic mass is 79.9. The number of carbonyl (C=O) groups excluding carboxylic acids is 2. The van der Waals surface area contributed by atoms with Crippen LogP contribution in [0.3, 0.4) is 0 Å². The summed E-state index contributed by atoms with van der Waals surface area (Å²) >= 11 is 3.39. The minimum Gasteiger partial charge on any atom is -0.353 e. The highest BCUT2D eigenvalue weighted by molar-refractivity contribution is 9.10. The Balaban J connectivity index is 2.01. The largest absolute Gasteiger partial charge is 0.353 e. The molecule has 0 bridgehead atoms. The normalized spacial score (nSPS) is 16.4. The summed E-state index contributed by atoms with van der Waals surface area (Å²) in [5, 5.41) is 5.66. The number of urea groups is 1. The van der Waals surface area contributed by atoms with E-state index in [0.29, 0.717) is 0 Å². The number of nitrogens with two attached hydrogens (primary N) is 1. The molecule has 114 valence electrons. The Morgan fingerprint density at radius 2 is 2.05 bits per heavy atom. The van der Waals surface area contributed by atoms with Gasteiger partial charge in [0.25, 0.3) is 0 Å². The zero-order valence-electron chi connectivity index (χ0n) is 11.8. The minimum atomic E-state index is -0.631. The fourth-order valence-corrected chi connectivity index (χ4v) is 3.11. The Bertz CT molecular complexity index is 515. The molecule has 1 aromatic rings. The van der Waals surface area contributed by atoms with E-state index in [1.807, 2.05) is 24.3 Å². The maximum atomic E-state index is 12.1. The van der Waals surface area contributed by atoms with Crippen molar-refractivity contribution >= 4 is 27.9 Å². The zero-order chi connectivity index (χ0) is 15.2. The number of hydrogen-bond acceptors (Lipinski definition) is 2. The molecule has 5 nitrogen and oxygen atoms in total. The van der Waals surface area contributed by atoms with Gasteiger partial charge in [0.15, 0.2) is 0 Å². The number of rotatable bonds is 5. The molecule has 6 heteroatoms. The van der Waals surface area contributed by atoms with Crippen molar-refractivity contribution in [3.63, 3.8) is 0 Å². The predicted octanol–water partition coefficient (Wildman–Crippen LogP) is 2.61. The van der Waals surface area contributed by atoms with E-state index < -0.39 is 12.1 Å². The van der Waals surface area contributed by atoms with Gasteiger partial charge in [-0.2, -0.15) is 0 Å². The molecule has 0 aromatic heterocycles. The van der Waals surface area contributed by atoms with Crippen molar-refractivity contribution in [3.05, 3.63) is 34.3 Å². The van der Waals surface area contributed by atoms with Crippen LogP contribution in [0.25, 0.3) is 0 Å². The Morgan fingerprint density at radius 1 is 1.33 bits per heavy atom. The van der Waals surface area contributed by atoms with Gasteiger partial charge in [0.2, 0.25) is 5.91 Å². The average Bonchev–Trinajstić information content (AvgIpc) is 2.90. The first-order chi connectivity index (χ1) is 10.0. The van der Waals surface area contributed by atoms with Crippen LogP contribution in [0.15, 0.2) is 28.7 Å². The summed E-state index contributed by atoms with van der Waals surface area (Å²) in [6, 6.07) is 6.73. The molecule has 1 atom stereocenters. The molecule has 0 radical (unpaired) electrons. The minimum absolute atomic E-state index is 0.0550.